The van der Waals surface area contributed by atoms with Crippen molar-refractivity contribution < 1.29 is 4.74 Å². The maximum atomic E-state index is 5.14. The fraction of sp³-hybridized carbons (Fsp3) is 0.842. The molecule has 0 amide bonds. The molecule has 0 saturated heterocycles. The van der Waals surface area contributed by atoms with Gasteiger partial charge < -0.3 is 19.9 Å². The number of nitrogens with zero attached hydrogens (tertiary/aromatic N) is 4. The first kappa shape index (κ1) is 20.7. The number of nitrogens with one attached hydrogen (secondary N) is 2. The summed E-state index contributed by atoms with van der Waals surface area (Å²) in [5.41, 5.74) is 0. The minimum Gasteiger partial charge on any atom is -0.383 e. The van der Waals surface area contributed by atoms with Crippen molar-refractivity contribution in [2.75, 3.05) is 20.3 Å². The first-order valence-corrected chi connectivity index (χ1v) is 9.98. The molecule has 7 heteroatoms. The molecule has 1 atom stereocenters. The third-order valence-electron chi connectivity index (χ3n) is 5.28. The molecule has 0 radical (unpaired) electrons. The summed E-state index contributed by atoms with van der Waals surface area (Å²) in [4.78, 5) is 4.69. The third-order valence-corrected chi connectivity index (χ3v) is 5.28. The standard InChI is InChI=1S/C19H36N6O/c1-15(10-11-17-8-6-5-7-9-17)22-19(20-12-13-26-4)21-14-18-24-23-16(2)25(18)3/h15,17H,5-14H2,1-4H3,(H2,20,21,22). The third kappa shape index (κ3) is 6.94. The Morgan fingerprint density at radius 3 is 2.73 bits per heavy atom. The number of aliphatic imine (C=N–C) groups is 1. The zero-order valence-corrected chi connectivity index (χ0v) is 16.9. The van der Waals surface area contributed by atoms with E-state index in [2.05, 4.69) is 27.8 Å². The quantitative estimate of drug-likeness (QED) is 0.400. The van der Waals surface area contributed by atoms with Gasteiger partial charge in [0.2, 0.25) is 0 Å². The van der Waals surface area contributed by atoms with Gasteiger partial charge in [0.25, 0.3) is 0 Å². The molecule has 1 aromatic heterocycles. The number of hydrogen-bond acceptors (Lipinski definition) is 4. The summed E-state index contributed by atoms with van der Waals surface area (Å²) >= 11 is 0. The maximum Gasteiger partial charge on any atom is 0.191 e. The van der Waals surface area contributed by atoms with Crippen molar-refractivity contribution in [2.24, 2.45) is 18.0 Å². The van der Waals surface area contributed by atoms with Crippen LogP contribution in [0.1, 0.15) is 63.5 Å². The topological polar surface area (TPSA) is 76.4 Å². The summed E-state index contributed by atoms with van der Waals surface area (Å²) in [6.45, 7) is 6.08. The summed E-state index contributed by atoms with van der Waals surface area (Å²) in [5, 5.41) is 15.2. The minimum atomic E-state index is 0.395. The number of ether oxygens (including phenoxy) is 1. The summed E-state index contributed by atoms with van der Waals surface area (Å²) in [6.07, 6.45) is 9.55. The van der Waals surface area contributed by atoms with Crippen molar-refractivity contribution in [3.05, 3.63) is 11.6 Å². The van der Waals surface area contributed by atoms with Gasteiger partial charge in [0.1, 0.15) is 12.4 Å². The minimum absolute atomic E-state index is 0.395. The number of rotatable bonds is 9. The second-order valence-electron chi connectivity index (χ2n) is 7.43. The van der Waals surface area contributed by atoms with Crippen LogP contribution in [0.15, 0.2) is 4.99 Å². The molecule has 0 aliphatic heterocycles. The van der Waals surface area contributed by atoms with Crippen LogP contribution in [0.3, 0.4) is 0 Å². The highest BCUT2D eigenvalue weighted by atomic mass is 16.5. The first-order valence-electron chi connectivity index (χ1n) is 9.98. The zero-order chi connectivity index (χ0) is 18.8. The number of guanidine groups is 1. The van der Waals surface area contributed by atoms with Crippen LogP contribution < -0.4 is 10.6 Å². The van der Waals surface area contributed by atoms with Crippen molar-refractivity contribution in [2.45, 2.75) is 71.4 Å². The molecule has 1 aliphatic carbocycles. The monoisotopic (exact) mass is 364 g/mol. The van der Waals surface area contributed by atoms with E-state index in [9.17, 15) is 0 Å². The van der Waals surface area contributed by atoms with E-state index >= 15 is 0 Å². The second-order valence-corrected chi connectivity index (χ2v) is 7.43. The summed E-state index contributed by atoms with van der Waals surface area (Å²) < 4.78 is 7.11. The Kier molecular flexibility index (Phi) is 8.88. The van der Waals surface area contributed by atoms with Crippen LogP contribution in [0.5, 0.6) is 0 Å². The van der Waals surface area contributed by atoms with Crippen LogP contribution in [-0.2, 0) is 18.3 Å². The van der Waals surface area contributed by atoms with E-state index in [-0.39, 0.29) is 0 Å². The Bertz CT molecular complexity index is 550. The summed E-state index contributed by atoms with van der Waals surface area (Å²) in [5.74, 6) is 3.50. The zero-order valence-electron chi connectivity index (χ0n) is 16.9. The molecule has 1 heterocycles. The molecule has 0 bridgehead atoms. The second kappa shape index (κ2) is 11.2. The molecule has 0 spiro atoms. The maximum absolute atomic E-state index is 5.14. The largest absolute Gasteiger partial charge is 0.383 e. The highest BCUT2D eigenvalue weighted by molar-refractivity contribution is 5.80. The molecule has 1 unspecified atom stereocenters. The van der Waals surface area contributed by atoms with Crippen LogP contribution in [0, 0.1) is 12.8 Å². The fourth-order valence-electron chi connectivity index (χ4n) is 3.43. The smallest absolute Gasteiger partial charge is 0.191 e. The van der Waals surface area contributed by atoms with E-state index in [1.807, 2.05) is 18.5 Å². The predicted octanol–water partition coefficient (Wildman–Crippen LogP) is 2.55. The number of hydrogen-bond donors (Lipinski definition) is 2. The van der Waals surface area contributed by atoms with Crippen LogP contribution in [0.25, 0.3) is 0 Å². The van der Waals surface area contributed by atoms with E-state index < -0.39 is 0 Å². The lowest BCUT2D eigenvalue weighted by molar-refractivity contribution is 0.203. The van der Waals surface area contributed by atoms with Gasteiger partial charge in [0.15, 0.2) is 11.8 Å². The molecule has 0 aromatic carbocycles. The van der Waals surface area contributed by atoms with Gasteiger partial charge in [-0.3, -0.25) is 0 Å². The van der Waals surface area contributed by atoms with Crippen molar-refractivity contribution in [1.82, 2.24) is 25.4 Å². The van der Waals surface area contributed by atoms with E-state index in [4.69, 9.17) is 9.73 Å². The first-order chi connectivity index (χ1) is 12.6. The Morgan fingerprint density at radius 1 is 1.31 bits per heavy atom. The van der Waals surface area contributed by atoms with Gasteiger partial charge in [-0.2, -0.15) is 0 Å². The van der Waals surface area contributed by atoms with Gasteiger partial charge in [-0.05, 0) is 32.6 Å². The predicted molar refractivity (Wildman–Crippen MR) is 105 cm³/mol. The van der Waals surface area contributed by atoms with Crippen molar-refractivity contribution in [1.29, 1.82) is 0 Å². The molecule has 1 fully saturated rings. The molecule has 26 heavy (non-hydrogen) atoms. The average molecular weight is 365 g/mol. The van der Waals surface area contributed by atoms with Gasteiger partial charge in [-0.1, -0.05) is 32.1 Å². The highest BCUT2D eigenvalue weighted by Gasteiger charge is 2.15. The lowest BCUT2D eigenvalue weighted by Gasteiger charge is -2.24. The fourth-order valence-corrected chi connectivity index (χ4v) is 3.43. The van der Waals surface area contributed by atoms with Crippen LogP contribution in [0.2, 0.25) is 0 Å². The van der Waals surface area contributed by atoms with Crippen LogP contribution in [-0.4, -0.2) is 47.0 Å². The SMILES string of the molecule is COCCNC(=NCc1nnc(C)n1C)NC(C)CCC1CCCCC1. The van der Waals surface area contributed by atoms with Gasteiger partial charge in [0.05, 0.1) is 6.61 Å². The highest BCUT2D eigenvalue weighted by Crippen LogP contribution is 2.27. The molecule has 1 aromatic rings. The Balaban J connectivity index is 1.85. The number of aryl methyl sites for hydroxylation is 1. The average Bonchev–Trinajstić information content (AvgIpc) is 2.97. The normalized spacial score (nSPS) is 17.3. The molecular formula is C19H36N6O. The van der Waals surface area contributed by atoms with Crippen LogP contribution >= 0.6 is 0 Å². The van der Waals surface area contributed by atoms with E-state index in [0.717, 1.165) is 30.1 Å². The molecule has 2 N–H and O–H groups in total. The molecule has 2 rings (SSSR count). The van der Waals surface area contributed by atoms with E-state index in [1.165, 1.54) is 44.9 Å². The summed E-state index contributed by atoms with van der Waals surface area (Å²) in [7, 11) is 3.68. The molecule has 1 aliphatic rings. The van der Waals surface area contributed by atoms with Crippen LogP contribution in [0.4, 0.5) is 0 Å². The van der Waals surface area contributed by atoms with E-state index in [0.29, 0.717) is 19.2 Å². The summed E-state index contributed by atoms with van der Waals surface area (Å²) in [6, 6.07) is 0.395. The lowest BCUT2D eigenvalue weighted by Crippen LogP contribution is -2.43. The Labute approximate surface area is 158 Å². The lowest BCUT2D eigenvalue weighted by atomic mass is 9.85. The van der Waals surface area contributed by atoms with Gasteiger partial charge in [0, 0.05) is 26.7 Å². The van der Waals surface area contributed by atoms with Crippen molar-refractivity contribution in [3.63, 3.8) is 0 Å². The number of aromatic nitrogens is 3. The van der Waals surface area contributed by atoms with Crippen molar-refractivity contribution in [3.8, 4) is 0 Å². The van der Waals surface area contributed by atoms with Gasteiger partial charge in [-0.15, -0.1) is 10.2 Å². The molecular weight excluding hydrogens is 328 g/mol. The van der Waals surface area contributed by atoms with E-state index in [1.54, 1.807) is 7.11 Å². The Hall–Kier alpha value is -1.63. The molecule has 148 valence electrons. The molecule has 1 saturated carbocycles. The molecule has 7 nitrogen and oxygen atoms in total. The van der Waals surface area contributed by atoms with Crippen molar-refractivity contribution >= 4 is 5.96 Å². The van der Waals surface area contributed by atoms with Gasteiger partial charge >= 0.3 is 0 Å². The number of methoxy groups -OCH3 is 1. The Morgan fingerprint density at radius 2 is 2.08 bits per heavy atom. The van der Waals surface area contributed by atoms with Gasteiger partial charge in [-0.25, -0.2) is 4.99 Å².